The fourth-order valence-corrected chi connectivity index (χ4v) is 2.06. The van der Waals surface area contributed by atoms with Crippen molar-refractivity contribution in [3.8, 4) is 17.0 Å². The fraction of sp³-hybridized carbons (Fsp3) is 0.214. The molecular weight excluding hydrogens is 254 g/mol. The van der Waals surface area contributed by atoms with Crippen molar-refractivity contribution in [2.24, 2.45) is 5.73 Å². The first kappa shape index (κ1) is 12.6. The maximum absolute atomic E-state index is 5.55. The Kier molecular flexibility index (Phi) is 3.30. The van der Waals surface area contributed by atoms with Crippen LogP contribution in [0.2, 0.25) is 0 Å². The van der Waals surface area contributed by atoms with Crippen LogP contribution in [0.1, 0.15) is 5.82 Å². The molecule has 0 aliphatic rings. The number of ether oxygens (including phenoxy) is 1. The van der Waals surface area contributed by atoms with E-state index in [-0.39, 0.29) is 0 Å². The number of hydrogen-bond acceptors (Lipinski definition) is 5. The summed E-state index contributed by atoms with van der Waals surface area (Å²) in [7, 11) is 1.65. The lowest BCUT2D eigenvalue weighted by Crippen LogP contribution is -2.06. The molecule has 0 saturated heterocycles. The van der Waals surface area contributed by atoms with Crippen molar-refractivity contribution < 1.29 is 4.74 Å². The molecule has 0 atom stereocenters. The van der Waals surface area contributed by atoms with Gasteiger partial charge in [0.25, 0.3) is 0 Å². The highest BCUT2D eigenvalue weighted by Gasteiger charge is 2.07. The Balaban J connectivity index is 1.99. The molecule has 6 nitrogen and oxygen atoms in total. The van der Waals surface area contributed by atoms with Crippen LogP contribution < -0.4 is 10.5 Å². The molecule has 0 bridgehead atoms. The molecule has 0 saturated carbocycles. The van der Waals surface area contributed by atoms with Gasteiger partial charge in [0, 0.05) is 18.1 Å². The minimum Gasteiger partial charge on any atom is -0.497 e. The van der Waals surface area contributed by atoms with Crippen molar-refractivity contribution in [3.05, 3.63) is 42.5 Å². The van der Waals surface area contributed by atoms with E-state index in [1.54, 1.807) is 13.4 Å². The molecule has 2 aromatic heterocycles. The lowest BCUT2D eigenvalue weighted by atomic mass is 10.1. The first-order chi connectivity index (χ1) is 9.81. The molecule has 0 fully saturated rings. The summed E-state index contributed by atoms with van der Waals surface area (Å²) >= 11 is 0. The summed E-state index contributed by atoms with van der Waals surface area (Å²) in [5, 5.41) is 8.27. The van der Waals surface area contributed by atoms with E-state index in [4.69, 9.17) is 10.5 Å². The van der Waals surface area contributed by atoms with Gasteiger partial charge in [-0.2, -0.15) is 0 Å². The van der Waals surface area contributed by atoms with Gasteiger partial charge < -0.3 is 10.5 Å². The number of nitrogens with two attached hydrogens (primary N) is 1. The third kappa shape index (κ3) is 2.21. The Labute approximate surface area is 116 Å². The molecule has 3 rings (SSSR count). The second-order valence-electron chi connectivity index (χ2n) is 4.39. The van der Waals surface area contributed by atoms with E-state index in [2.05, 4.69) is 15.2 Å². The number of aromatic nitrogens is 4. The van der Waals surface area contributed by atoms with Gasteiger partial charge in [0.1, 0.15) is 17.9 Å². The molecule has 0 radical (unpaired) electrons. The van der Waals surface area contributed by atoms with Crippen molar-refractivity contribution >= 4 is 5.65 Å². The number of fused-ring (bicyclic) bond motifs is 1. The number of rotatable bonds is 4. The third-order valence-corrected chi connectivity index (χ3v) is 3.12. The van der Waals surface area contributed by atoms with E-state index >= 15 is 0 Å². The van der Waals surface area contributed by atoms with Gasteiger partial charge in [-0.25, -0.2) is 4.98 Å². The van der Waals surface area contributed by atoms with Crippen molar-refractivity contribution in [1.29, 1.82) is 0 Å². The molecule has 2 N–H and O–H groups in total. The summed E-state index contributed by atoms with van der Waals surface area (Å²) in [6.07, 6.45) is 2.42. The Bertz CT molecular complexity index is 720. The molecule has 0 amide bonds. The maximum atomic E-state index is 5.55. The molecule has 2 heterocycles. The molecule has 0 aliphatic carbocycles. The van der Waals surface area contributed by atoms with Crippen LogP contribution >= 0.6 is 0 Å². The first-order valence-electron chi connectivity index (χ1n) is 6.36. The summed E-state index contributed by atoms with van der Waals surface area (Å²) in [6.45, 7) is 0.543. The van der Waals surface area contributed by atoms with Gasteiger partial charge in [0.15, 0.2) is 5.65 Å². The highest BCUT2D eigenvalue weighted by Crippen LogP contribution is 2.21. The van der Waals surface area contributed by atoms with Crippen LogP contribution in [0.4, 0.5) is 0 Å². The minimum atomic E-state index is 0.543. The number of nitrogens with zero attached hydrogens (tertiary/aromatic N) is 4. The van der Waals surface area contributed by atoms with Gasteiger partial charge in [-0.15, -0.1) is 10.2 Å². The van der Waals surface area contributed by atoms with Crippen LogP contribution in [0.15, 0.2) is 36.7 Å². The highest BCUT2D eigenvalue weighted by molar-refractivity contribution is 5.63. The van der Waals surface area contributed by atoms with Crippen LogP contribution in [0.25, 0.3) is 16.9 Å². The SMILES string of the molecule is COc1ccc(-c2cc3nnc(CCN)n3cn2)cc1. The van der Waals surface area contributed by atoms with Gasteiger partial charge in [0.2, 0.25) is 0 Å². The van der Waals surface area contributed by atoms with Crippen LogP contribution in [0.3, 0.4) is 0 Å². The van der Waals surface area contributed by atoms with Gasteiger partial charge >= 0.3 is 0 Å². The van der Waals surface area contributed by atoms with Crippen LogP contribution in [-0.4, -0.2) is 33.2 Å². The average molecular weight is 269 g/mol. The Morgan fingerprint density at radius 2 is 2.00 bits per heavy atom. The Morgan fingerprint density at radius 1 is 1.20 bits per heavy atom. The quantitative estimate of drug-likeness (QED) is 0.772. The van der Waals surface area contributed by atoms with E-state index in [9.17, 15) is 0 Å². The molecule has 6 heteroatoms. The minimum absolute atomic E-state index is 0.543. The van der Waals surface area contributed by atoms with Crippen LogP contribution in [0, 0.1) is 0 Å². The molecule has 1 aromatic carbocycles. The molecule has 102 valence electrons. The summed E-state index contributed by atoms with van der Waals surface area (Å²) in [6, 6.07) is 9.66. The zero-order valence-corrected chi connectivity index (χ0v) is 11.2. The summed E-state index contributed by atoms with van der Waals surface area (Å²) in [5.41, 5.74) is 8.18. The van der Waals surface area contributed by atoms with E-state index in [0.717, 1.165) is 28.5 Å². The smallest absolute Gasteiger partial charge is 0.164 e. The molecule has 0 spiro atoms. The van der Waals surface area contributed by atoms with Crippen molar-refractivity contribution in [1.82, 2.24) is 19.6 Å². The fourth-order valence-electron chi connectivity index (χ4n) is 2.06. The second kappa shape index (κ2) is 5.26. The molecule has 0 aliphatic heterocycles. The zero-order chi connectivity index (χ0) is 13.9. The molecule has 0 unspecified atom stereocenters. The number of hydrogen-bond donors (Lipinski definition) is 1. The lowest BCUT2D eigenvalue weighted by molar-refractivity contribution is 0.415. The molecular formula is C14H15N5O. The normalized spacial score (nSPS) is 10.9. The molecule has 20 heavy (non-hydrogen) atoms. The van der Waals surface area contributed by atoms with Crippen molar-refractivity contribution in [3.63, 3.8) is 0 Å². The standard InChI is InChI=1S/C14H15N5O/c1-20-11-4-2-10(3-5-11)12-8-14-18-17-13(6-7-15)19(14)9-16-12/h2-5,8-9H,6-7,15H2,1H3. The Hall–Kier alpha value is -2.47. The van der Waals surface area contributed by atoms with E-state index < -0.39 is 0 Å². The van der Waals surface area contributed by atoms with E-state index in [1.807, 2.05) is 34.7 Å². The van der Waals surface area contributed by atoms with Crippen molar-refractivity contribution in [2.45, 2.75) is 6.42 Å². The van der Waals surface area contributed by atoms with Gasteiger partial charge in [-0.05, 0) is 30.8 Å². The Morgan fingerprint density at radius 3 is 2.70 bits per heavy atom. The first-order valence-corrected chi connectivity index (χ1v) is 6.36. The van der Waals surface area contributed by atoms with Crippen LogP contribution in [-0.2, 0) is 6.42 Å². The topological polar surface area (TPSA) is 78.3 Å². The number of methoxy groups -OCH3 is 1. The lowest BCUT2D eigenvalue weighted by Gasteiger charge is -2.04. The van der Waals surface area contributed by atoms with Gasteiger partial charge in [0.05, 0.1) is 12.8 Å². The predicted octanol–water partition coefficient (Wildman–Crippen LogP) is 1.30. The van der Waals surface area contributed by atoms with Gasteiger partial charge in [-0.3, -0.25) is 4.40 Å². The van der Waals surface area contributed by atoms with E-state index in [0.29, 0.717) is 13.0 Å². The maximum Gasteiger partial charge on any atom is 0.164 e. The summed E-state index contributed by atoms with van der Waals surface area (Å²) < 4.78 is 7.01. The van der Waals surface area contributed by atoms with Crippen molar-refractivity contribution in [2.75, 3.05) is 13.7 Å². The van der Waals surface area contributed by atoms with Crippen LogP contribution in [0.5, 0.6) is 5.75 Å². The monoisotopic (exact) mass is 269 g/mol. The average Bonchev–Trinajstić information content (AvgIpc) is 2.90. The second-order valence-corrected chi connectivity index (χ2v) is 4.39. The zero-order valence-electron chi connectivity index (χ0n) is 11.2. The molecule has 3 aromatic rings. The number of benzene rings is 1. The summed E-state index contributed by atoms with van der Waals surface area (Å²) in [4.78, 5) is 4.45. The van der Waals surface area contributed by atoms with E-state index in [1.165, 1.54) is 0 Å². The largest absolute Gasteiger partial charge is 0.497 e. The highest BCUT2D eigenvalue weighted by atomic mass is 16.5. The summed E-state index contributed by atoms with van der Waals surface area (Å²) in [5.74, 6) is 1.65. The third-order valence-electron chi connectivity index (χ3n) is 3.12. The van der Waals surface area contributed by atoms with Gasteiger partial charge in [-0.1, -0.05) is 0 Å². The predicted molar refractivity (Wildman–Crippen MR) is 75.5 cm³/mol.